The van der Waals surface area contributed by atoms with Crippen molar-refractivity contribution >= 4 is 15.8 Å². The van der Waals surface area contributed by atoms with Crippen molar-refractivity contribution < 1.29 is 8.42 Å². The second-order valence-corrected chi connectivity index (χ2v) is 9.11. The second-order valence-electron chi connectivity index (χ2n) is 7.13. The molecule has 24 heavy (non-hydrogen) atoms. The van der Waals surface area contributed by atoms with Gasteiger partial charge in [0.1, 0.15) is 5.82 Å². The van der Waals surface area contributed by atoms with Gasteiger partial charge in [0, 0.05) is 45.5 Å². The molecule has 134 valence electrons. The Labute approximate surface area is 145 Å². The number of pyridine rings is 1. The molecule has 0 spiro atoms. The van der Waals surface area contributed by atoms with Gasteiger partial charge in [-0.15, -0.1) is 0 Å². The van der Waals surface area contributed by atoms with Crippen molar-refractivity contribution in [2.45, 2.75) is 37.8 Å². The fourth-order valence-electron chi connectivity index (χ4n) is 3.98. The van der Waals surface area contributed by atoms with Gasteiger partial charge in [-0.2, -0.15) is 0 Å². The zero-order valence-corrected chi connectivity index (χ0v) is 15.7. The Bertz CT molecular complexity index is 669. The lowest BCUT2D eigenvalue weighted by atomic mass is 10.00. The van der Waals surface area contributed by atoms with E-state index >= 15 is 0 Å². The van der Waals surface area contributed by atoms with Crippen molar-refractivity contribution in [1.82, 2.24) is 14.2 Å². The maximum absolute atomic E-state index is 11.7. The highest BCUT2D eigenvalue weighted by Gasteiger charge is 2.35. The topological polar surface area (TPSA) is 56.8 Å². The van der Waals surface area contributed by atoms with Crippen LogP contribution in [0.4, 0.5) is 5.82 Å². The molecule has 3 heterocycles. The number of hydrogen-bond acceptors (Lipinski definition) is 5. The minimum absolute atomic E-state index is 0.432. The lowest BCUT2D eigenvalue weighted by Crippen LogP contribution is -2.46. The van der Waals surface area contributed by atoms with Gasteiger partial charge in [-0.1, -0.05) is 0 Å². The largest absolute Gasteiger partial charge is 0.363 e. The molecule has 0 saturated carbocycles. The molecular formula is C17H28N4O2S. The minimum atomic E-state index is -3.05. The molecule has 7 heteroatoms. The summed E-state index contributed by atoms with van der Waals surface area (Å²) in [7, 11) is 0.974. The van der Waals surface area contributed by atoms with E-state index in [2.05, 4.69) is 22.0 Å². The summed E-state index contributed by atoms with van der Waals surface area (Å²) in [5.74, 6) is 0.992. The summed E-state index contributed by atoms with van der Waals surface area (Å²) in [5.41, 5.74) is 1.33. The summed E-state index contributed by atoms with van der Waals surface area (Å²) >= 11 is 0. The fourth-order valence-corrected chi connectivity index (χ4v) is 4.85. The average Bonchev–Trinajstić information content (AvgIpc) is 3.04. The van der Waals surface area contributed by atoms with E-state index < -0.39 is 10.0 Å². The summed E-state index contributed by atoms with van der Waals surface area (Å²) < 4.78 is 25.0. The number of piperidine rings is 1. The standard InChI is InChI=1S/C17H28N4O2S/c1-19(2)17-13-14(6-9-18-17)16-5-4-10-21(16)15-7-11-20(12-8-15)24(3,22)23/h6,9,13,15-16H,4-5,7-8,10-12H2,1-3H3. The van der Waals surface area contributed by atoms with Crippen LogP contribution in [0.5, 0.6) is 0 Å². The Morgan fingerprint density at radius 3 is 2.50 bits per heavy atom. The summed E-state index contributed by atoms with van der Waals surface area (Å²) in [6.07, 6.45) is 7.43. The number of rotatable bonds is 4. The lowest BCUT2D eigenvalue weighted by Gasteiger charge is -2.38. The summed E-state index contributed by atoms with van der Waals surface area (Å²) in [4.78, 5) is 9.05. The van der Waals surface area contributed by atoms with Crippen LogP contribution < -0.4 is 4.90 Å². The monoisotopic (exact) mass is 352 g/mol. The molecule has 0 N–H and O–H groups in total. The Balaban J connectivity index is 1.71. The van der Waals surface area contributed by atoms with Gasteiger partial charge in [0.05, 0.1) is 6.26 Å². The first-order chi connectivity index (χ1) is 11.4. The maximum Gasteiger partial charge on any atom is 0.211 e. The molecule has 1 aromatic rings. The van der Waals surface area contributed by atoms with Gasteiger partial charge in [-0.05, 0) is 49.9 Å². The average molecular weight is 353 g/mol. The molecule has 1 aromatic heterocycles. The highest BCUT2D eigenvalue weighted by atomic mass is 32.2. The van der Waals surface area contributed by atoms with Crippen molar-refractivity contribution in [3.8, 4) is 0 Å². The number of aromatic nitrogens is 1. The van der Waals surface area contributed by atoms with Crippen molar-refractivity contribution in [3.63, 3.8) is 0 Å². The third-order valence-corrected chi connectivity index (χ3v) is 6.57. The molecule has 2 saturated heterocycles. The third kappa shape index (κ3) is 3.73. The van der Waals surface area contributed by atoms with Gasteiger partial charge in [-0.3, -0.25) is 4.90 Å². The Morgan fingerprint density at radius 1 is 1.17 bits per heavy atom. The molecule has 2 aliphatic heterocycles. The van der Waals surface area contributed by atoms with Crippen LogP contribution in [-0.4, -0.2) is 68.6 Å². The predicted molar refractivity (Wildman–Crippen MR) is 96.7 cm³/mol. The Kier molecular flexibility index (Phi) is 5.13. The molecule has 2 aliphatic rings. The van der Waals surface area contributed by atoms with E-state index in [1.165, 1.54) is 24.7 Å². The minimum Gasteiger partial charge on any atom is -0.363 e. The van der Waals surface area contributed by atoms with Gasteiger partial charge in [0.25, 0.3) is 0 Å². The molecule has 0 bridgehead atoms. The van der Waals surface area contributed by atoms with Crippen molar-refractivity contribution in [1.29, 1.82) is 0 Å². The van der Waals surface area contributed by atoms with Crippen molar-refractivity contribution in [3.05, 3.63) is 23.9 Å². The van der Waals surface area contributed by atoms with Crippen molar-refractivity contribution in [2.75, 3.05) is 44.9 Å². The van der Waals surface area contributed by atoms with Crippen molar-refractivity contribution in [2.24, 2.45) is 0 Å². The number of sulfonamides is 1. The first-order valence-electron chi connectivity index (χ1n) is 8.70. The van der Waals surface area contributed by atoms with Crippen LogP contribution in [0.15, 0.2) is 18.3 Å². The zero-order valence-electron chi connectivity index (χ0n) is 14.9. The lowest BCUT2D eigenvalue weighted by molar-refractivity contribution is 0.127. The Hall–Kier alpha value is -1.18. The molecule has 3 rings (SSSR count). The van der Waals surface area contributed by atoms with Crippen LogP contribution in [0.2, 0.25) is 0 Å². The second kappa shape index (κ2) is 6.98. The number of hydrogen-bond donors (Lipinski definition) is 0. The first kappa shape index (κ1) is 17.6. The van der Waals surface area contributed by atoms with E-state index in [1.54, 1.807) is 4.31 Å². The van der Waals surface area contributed by atoms with E-state index in [1.807, 2.05) is 25.2 Å². The number of anilines is 1. The van der Waals surface area contributed by atoms with Gasteiger partial charge < -0.3 is 4.90 Å². The molecule has 0 aliphatic carbocycles. The van der Waals surface area contributed by atoms with Crippen LogP contribution >= 0.6 is 0 Å². The zero-order chi connectivity index (χ0) is 17.3. The smallest absolute Gasteiger partial charge is 0.211 e. The van der Waals surface area contributed by atoms with E-state index in [9.17, 15) is 8.42 Å². The molecule has 0 aromatic carbocycles. The van der Waals surface area contributed by atoms with E-state index in [0.29, 0.717) is 25.2 Å². The molecular weight excluding hydrogens is 324 g/mol. The van der Waals surface area contributed by atoms with E-state index in [4.69, 9.17) is 0 Å². The van der Waals surface area contributed by atoms with Gasteiger partial charge >= 0.3 is 0 Å². The summed E-state index contributed by atoms with van der Waals surface area (Å²) in [5, 5.41) is 0. The number of likely N-dealkylation sites (tertiary alicyclic amines) is 1. The fraction of sp³-hybridized carbons (Fsp3) is 0.706. The highest BCUT2D eigenvalue weighted by Crippen LogP contribution is 2.37. The van der Waals surface area contributed by atoms with E-state index in [0.717, 1.165) is 25.2 Å². The molecule has 1 unspecified atom stereocenters. The van der Waals surface area contributed by atoms with Crippen LogP contribution in [0, 0.1) is 0 Å². The van der Waals surface area contributed by atoms with Crippen LogP contribution in [-0.2, 0) is 10.0 Å². The van der Waals surface area contributed by atoms with Gasteiger partial charge in [-0.25, -0.2) is 17.7 Å². The normalized spacial score (nSPS) is 24.4. The van der Waals surface area contributed by atoms with Crippen LogP contribution in [0.3, 0.4) is 0 Å². The quantitative estimate of drug-likeness (QED) is 0.826. The maximum atomic E-state index is 11.7. The molecule has 6 nitrogen and oxygen atoms in total. The molecule has 1 atom stereocenters. The molecule has 0 amide bonds. The molecule has 0 radical (unpaired) electrons. The van der Waals surface area contributed by atoms with Crippen LogP contribution in [0.25, 0.3) is 0 Å². The SMILES string of the molecule is CN(C)c1cc(C2CCCN2C2CCN(S(C)(=O)=O)CC2)ccn1. The van der Waals surface area contributed by atoms with Gasteiger partial charge in [0.15, 0.2) is 0 Å². The number of nitrogens with zero attached hydrogens (tertiary/aromatic N) is 4. The predicted octanol–water partition coefficient (Wildman–Crippen LogP) is 1.71. The third-order valence-electron chi connectivity index (χ3n) is 5.27. The van der Waals surface area contributed by atoms with Crippen LogP contribution in [0.1, 0.15) is 37.3 Å². The summed E-state index contributed by atoms with van der Waals surface area (Å²) in [6, 6.07) is 5.23. The Morgan fingerprint density at radius 2 is 1.88 bits per heavy atom. The van der Waals surface area contributed by atoms with E-state index in [-0.39, 0.29) is 0 Å². The van der Waals surface area contributed by atoms with Gasteiger partial charge in [0.2, 0.25) is 10.0 Å². The summed E-state index contributed by atoms with van der Waals surface area (Å²) in [6.45, 7) is 2.39. The molecule has 2 fully saturated rings. The first-order valence-corrected chi connectivity index (χ1v) is 10.6. The highest BCUT2D eigenvalue weighted by molar-refractivity contribution is 7.88.